The van der Waals surface area contributed by atoms with Crippen LogP contribution in [0.1, 0.15) is 49.2 Å². The first-order valence-electron chi connectivity index (χ1n) is 11.4. The molecule has 4 heterocycles. The molecule has 0 bridgehead atoms. The second kappa shape index (κ2) is 9.98. The van der Waals surface area contributed by atoms with E-state index in [-0.39, 0.29) is 11.8 Å². The van der Waals surface area contributed by atoms with Crippen LogP contribution in [0.4, 0.5) is 5.95 Å². The molecule has 1 aliphatic carbocycles. The third-order valence-electron chi connectivity index (χ3n) is 6.44. The highest BCUT2D eigenvalue weighted by Crippen LogP contribution is 2.52. The van der Waals surface area contributed by atoms with Crippen LogP contribution in [-0.2, 0) is 29.8 Å². The molecule has 5 rings (SSSR count). The second-order valence-electron chi connectivity index (χ2n) is 8.69. The summed E-state index contributed by atoms with van der Waals surface area (Å²) in [4.78, 5) is 12.5. The Labute approximate surface area is 213 Å². The van der Waals surface area contributed by atoms with Crippen molar-refractivity contribution in [2.24, 2.45) is 0 Å². The molecule has 1 aliphatic heterocycles. The van der Waals surface area contributed by atoms with Gasteiger partial charge in [-0.25, -0.2) is 18.4 Å². The summed E-state index contributed by atoms with van der Waals surface area (Å²) in [7, 11) is -2.64. The van der Waals surface area contributed by atoms with Crippen LogP contribution in [-0.4, -0.2) is 70.3 Å². The summed E-state index contributed by atoms with van der Waals surface area (Å²) in [5.41, 5.74) is 0.384. The van der Waals surface area contributed by atoms with Gasteiger partial charge in [-0.1, -0.05) is 17.7 Å². The predicted octanol–water partition coefficient (Wildman–Crippen LogP) is 2.26. The highest BCUT2D eigenvalue weighted by atomic mass is 35.5. The molecule has 0 spiro atoms. The zero-order chi connectivity index (χ0) is 25.3. The Hall–Kier alpha value is -2.71. The smallest absolute Gasteiger partial charge is 0.240 e. The lowest BCUT2D eigenvalue weighted by Crippen LogP contribution is -2.35. The number of rotatable bonds is 9. The first-order valence-corrected chi connectivity index (χ1v) is 13.4. The maximum Gasteiger partial charge on any atom is 0.240 e. The van der Waals surface area contributed by atoms with Crippen molar-refractivity contribution in [1.29, 1.82) is 0 Å². The lowest BCUT2D eigenvalue weighted by atomic mass is 10.1. The van der Waals surface area contributed by atoms with Gasteiger partial charge in [-0.3, -0.25) is 14.3 Å². The van der Waals surface area contributed by atoms with Crippen LogP contribution in [0.25, 0.3) is 0 Å². The normalized spacial score (nSPS) is 21.0. The molecule has 0 amide bonds. The molecule has 2 unspecified atom stereocenters. The molecule has 0 aromatic carbocycles. The number of nitrogens with zero attached hydrogens (tertiary/aromatic N) is 6. The summed E-state index contributed by atoms with van der Waals surface area (Å²) < 4.78 is 48.5. The number of hydrogen-bond acceptors (Lipinski definition) is 10. The third-order valence-corrected chi connectivity index (χ3v) is 8.33. The molecule has 12 nitrogen and oxygen atoms in total. The zero-order valence-corrected chi connectivity index (χ0v) is 21.3. The summed E-state index contributed by atoms with van der Waals surface area (Å²) >= 11 is 5.88. The standard InChI is InChI=1S/C22H26ClN7O5S/c1-14(18(33-2)19-25-11-16(23)12-26-19)36(31,32)29-21-28-27-20(17-13-34-8-9-35-17)30(21)22(5-6-22)15-4-3-7-24-10-15/h3-4,7,10-12,14,17-18H,5-6,8-9,13H2,1-2H3,(H,28,29)/t14?,17-,18?/m0/s1. The molecular formula is C22H26ClN7O5S. The topological polar surface area (TPSA) is 143 Å². The van der Waals surface area contributed by atoms with Crippen molar-refractivity contribution < 1.29 is 22.6 Å². The number of aromatic nitrogens is 6. The van der Waals surface area contributed by atoms with Gasteiger partial charge in [-0.05, 0) is 31.4 Å². The number of methoxy groups -OCH3 is 1. The van der Waals surface area contributed by atoms with Crippen LogP contribution in [0, 0.1) is 0 Å². The van der Waals surface area contributed by atoms with Crippen molar-refractivity contribution in [3.8, 4) is 0 Å². The minimum Gasteiger partial charge on any atom is -0.376 e. The molecule has 3 aromatic heterocycles. The lowest BCUT2D eigenvalue weighted by molar-refractivity contribution is -0.0951. The Bertz CT molecular complexity index is 1300. The number of halogens is 1. The van der Waals surface area contributed by atoms with E-state index in [0.717, 1.165) is 18.4 Å². The van der Waals surface area contributed by atoms with Crippen molar-refractivity contribution in [2.45, 2.75) is 42.8 Å². The van der Waals surface area contributed by atoms with Gasteiger partial charge in [0.1, 0.15) is 17.5 Å². The number of hydrogen-bond donors (Lipinski definition) is 1. The molecule has 3 aromatic rings. The van der Waals surface area contributed by atoms with Crippen molar-refractivity contribution in [1.82, 2.24) is 29.7 Å². The fraction of sp³-hybridized carbons (Fsp3) is 0.500. The molecule has 1 saturated carbocycles. The number of pyridine rings is 1. The summed E-state index contributed by atoms with van der Waals surface area (Å²) in [5.74, 6) is 0.772. The molecule has 3 atom stereocenters. The monoisotopic (exact) mass is 535 g/mol. The fourth-order valence-electron chi connectivity index (χ4n) is 4.39. The Morgan fingerprint density at radius 1 is 1.22 bits per heavy atom. The highest BCUT2D eigenvalue weighted by molar-refractivity contribution is 7.93. The Morgan fingerprint density at radius 3 is 2.61 bits per heavy atom. The Balaban J connectivity index is 1.51. The van der Waals surface area contributed by atoms with Gasteiger partial charge in [-0.15, -0.1) is 10.2 Å². The molecule has 36 heavy (non-hydrogen) atoms. The van der Waals surface area contributed by atoms with Crippen molar-refractivity contribution in [2.75, 3.05) is 31.7 Å². The maximum atomic E-state index is 13.5. The lowest BCUT2D eigenvalue weighted by Gasteiger charge is -2.28. The number of anilines is 1. The predicted molar refractivity (Wildman–Crippen MR) is 129 cm³/mol. The van der Waals surface area contributed by atoms with E-state index in [2.05, 4.69) is 29.9 Å². The average molecular weight is 536 g/mol. The van der Waals surface area contributed by atoms with Crippen LogP contribution < -0.4 is 4.72 Å². The molecule has 1 N–H and O–H groups in total. The summed E-state index contributed by atoms with van der Waals surface area (Å²) in [6.45, 7) is 2.71. The Morgan fingerprint density at radius 2 is 2.00 bits per heavy atom. The summed E-state index contributed by atoms with van der Waals surface area (Å²) in [5, 5.41) is 7.84. The van der Waals surface area contributed by atoms with Gasteiger partial charge in [0.15, 0.2) is 11.6 Å². The number of nitrogens with one attached hydrogen (secondary N) is 1. The van der Waals surface area contributed by atoms with Crippen molar-refractivity contribution in [3.05, 3.63) is 59.2 Å². The summed E-state index contributed by atoms with van der Waals surface area (Å²) in [6, 6.07) is 3.81. The SMILES string of the molecule is COC(c1ncc(Cl)cn1)C(C)S(=O)(=O)Nc1nnc([C@@H]2COCCO2)n1C1(c2cccnc2)CC1. The molecule has 0 radical (unpaired) electrons. The minimum absolute atomic E-state index is 0.0826. The second-order valence-corrected chi connectivity index (χ2v) is 11.2. The van der Waals surface area contributed by atoms with E-state index in [1.807, 2.05) is 16.7 Å². The van der Waals surface area contributed by atoms with E-state index in [4.69, 9.17) is 25.8 Å². The van der Waals surface area contributed by atoms with Gasteiger partial charge < -0.3 is 14.2 Å². The van der Waals surface area contributed by atoms with E-state index in [0.29, 0.717) is 30.7 Å². The van der Waals surface area contributed by atoms with E-state index in [9.17, 15) is 8.42 Å². The zero-order valence-electron chi connectivity index (χ0n) is 19.7. The summed E-state index contributed by atoms with van der Waals surface area (Å²) in [6.07, 6.45) is 6.35. The van der Waals surface area contributed by atoms with Crippen LogP contribution in [0.2, 0.25) is 5.02 Å². The van der Waals surface area contributed by atoms with E-state index < -0.39 is 33.0 Å². The first-order chi connectivity index (χ1) is 17.4. The van der Waals surface area contributed by atoms with Crippen LogP contribution >= 0.6 is 11.6 Å². The van der Waals surface area contributed by atoms with E-state index in [1.54, 1.807) is 12.4 Å². The van der Waals surface area contributed by atoms with Gasteiger partial charge in [0.25, 0.3) is 0 Å². The minimum atomic E-state index is -4.04. The van der Waals surface area contributed by atoms with Crippen molar-refractivity contribution >= 4 is 27.6 Å². The van der Waals surface area contributed by atoms with Gasteiger partial charge >= 0.3 is 0 Å². The molecule has 192 valence electrons. The third kappa shape index (κ3) is 4.68. The van der Waals surface area contributed by atoms with E-state index in [1.165, 1.54) is 26.4 Å². The Kier molecular flexibility index (Phi) is 6.92. The molecule has 2 aliphatic rings. The maximum absolute atomic E-state index is 13.5. The molecular weight excluding hydrogens is 510 g/mol. The molecule has 1 saturated heterocycles. The largest absolute Gasteiger partial charge is 0.376 e. The van der Waals surface area contributed by atoms with Gasteiger partial charge in [0.2, 0.25) is 16.0 Å². The number of ether oxygens (including phenoxy) is 3. The highest BCUT2D eigenvalue weighted by Gasteiger charge is 2.51. The average Bonchev–Trinajstić information content (AvgIpc) is 3.60. The van der Waals surface area contributed by atoms with Crippen LogP contribution in [0.5, 0.6) is 0 Å². The van der Waals surface area contributed by atoms with E-state index >= 15 is 0 Å². The fourth-order valence-corrected chi connectivity index (χ4v) is 5.62. The first kappa shape index (κ1) is 25.0. The molecule has 14 heteroatoms. The quantitative estimate of drug-likeness (QED) is 0.433. The van der Waals surface area contributed by atoms with Crippen LogP contribution in [0.3, 0.4) is 0 Å². The molecule has 2 fully saturated rings. The van der Waals surface area contributed by atoms with Gasteiger partial charge in [0.05, 0.1) is 30.4 Å². The van der Waals surface area contributed by atoms with Crippen molar-refractivity contribution in [3.63, 3.8) is 0 Å². The van der Waals surface area contributed by atoms with Crippen LogP contribution in [0.15, 0.2) is 36.9 Å². The van der Waals surface area contributed by atoms with Gasteiger partial charge in [-0.2, -0.15) is 0 Å². The number of sulfonamides is 1. The van der Waals surface area contributed by atoms with Gasteiger partial charge in [0, 0.05) is 31.9 Å².